The summed E-state index contributed by atoms with van der Waals surface area (Å²) in [6.07, 6.45) is 0. The number of hydrogen-bond acceptors (Lipinski definition) is 2. The summed E-state index contributed by atoms with van der Waals surface area (Å²) in [5.74, 6) is 28.6. The van der Waals surface area contributed by atoms with Gasteiger partial charge in [0.1, 0.15) is 11.5 Å². The Labute approximate surface area is 328 Å². The second-order valence-electron chi connectivity index (χ2n) is 13.0. The minimum Gasteiger partial charge on any atom is -0.496 e. The molecule has 56 heavy (non-hydrogen) atoms. The molecule has 0 aliphatic rings. The minimum atomic E-state index is 0.707. The van der Waals surface area contributed by atoms with Crippen molar-refractivity contribution in [3.05, 3.63) is 214 Å². The summed E-state index contributed by atoms with van der Waals surface area (Å²) in [5, 5.41) is 3.92. The van der Waals surface area contributed by atoms with E-state index in [0.717, 1.165) is 77.2 Å². The molecule has 0 bridgehead atoms. The molecular formula is C54H34O2. The molecule has 262 valence electrons. The molecule has 0 saturated carbocycles. The van der Waals surface area contributed by atoms with Gasteiger partial charge in [0.2, 0.25) is 0 Å². The fourth-order valence-corrected chi connectivity index (χ4v) is 6.62. The second kappa shape index (κ2) is 16.4. The van der Waals surface area contributed by atoms with Crippen LogP contribution in [0.25, 0.3) is 32.7 Å². The van der Waals surface area contributed by atoms with E-state index in [1.54, 1.807) is 14.2 Å². The zero-order chi connectivity index (χ0) is 38.1. The van der Waals surface area contributed by atoms with Gasteiger partial charge in [-0.05, 0) is 106 Å². The number of fused-ring (bicyclic) bond motifs is 2. The topological polar surface area (TPSA) is 18.5 Å². The molecule has 0 aliphatic carbocycles. The first-order valence-corrected chi connectivity index (χ1v) is 18.2. The largest absolute Gasteiger partial charge is 0.496 e. The van der Waals surface area contributed by atoms with E-state index in [9.17, 15) is 0 Å². The quantitative estimate of drug-likeness (QED) is 0.170. The lowest BCUT2D eigenvalue weighted by atomic mass is 9.88. The molecule has 0 N–H and O–H groups in total. The highest BCUT2D eigenvalue weighted by atomic mass is 16.5. The summed E-state index contributed by atoms with van der Waals surface area (Å²) in [6, 6.07) is 56.7. The first-order valence-electron chi connectivity index (χ1n) is 18.2. The summed E-state index contributed by atoms with van der Waals surface area (Å²) < 4.78 is 12.3. The summed E-state index contributed by atoms with van der Waals surface area (Å²) in [6.45, 7) is 0. The van der Waals surface area contributed by atoms with E-state index >= 15 is 0 Å². The average Bonchev–Trinajstić information content (AvgIpc) is 3.26. The molecule has 0 heterocycles. The van der Waals surface area contributed by atoms with Gasteiger partial charge in [-0.1, -0.05) is 132 Å². The summed E-state index contributed by atoms with van der Waals surface area (Å²) in [7, 11) is 3.40. The van der Waals surface area contributed by atoms with Crippen molar-refractivity contribution in [3.63, 3.8) is 0 Å². The van der Waals surface area contributed by atoms with Gasteiger partial charge in [-0.2, -0.15) is 0 Å². The number of methoxy groups -OCH3 is 2. The van der Waals surface area contributed by atoms with E-state index in [2.05, 4.69) is 83.8 Å². The van der Waals surface area contributed by atoms with Crippen LogP contribution < -0.4 is 9.47 Å². The monoisotopic (exact) mass is 714 g/mol. The SMILES string of the molecule is COc1ccc2cc(C#Cc3ccccc3)c(C#Cc3ccccc3)cc2c1-c1c(OC)ccc2cc(C#Cc3ccccc3)c(C#Cc3ccccc3)cc12. The number of hydrogen-bond donors (Lipinski definition) is 0. The average molecular weight is 715 g/mol. The molecule has 0 aliphatic heterocycles. The van der Waals surface area contributed by atoms with Gasteiger partial charge >= 0.3 is 0 Å². The van der Waals surface area contributed by atoms with Crippen LogP contribution in [-0.2, 0) is 0 Å². The van der Waals surface area contributed by atoms with Gasteiger partial charge < -0.3 is 9.47 Å². The van der Waals surface area contributed by atoms with E-state index in [0.29, 0.717) is 11.5 Å². The van der Waals surface area contributed by atoms with Gasteiger partial charge in [0.05, 0.1) is 14.2 Å². The molecular weight excluding hydrogens is 681 g/mol. The third-order valence-electron chi connectivity index (χ3n) is 9.39. The van der Waals surface area contributed by atoms with Crippen LogP contribution >= 0.6 is 0 Å². The predicted octanol–water partition coefficient (Wildman–Crippen LogP) is 11.3. The van der Waals surface area contributed by atoms with Crippen molar-refractivity contribution in [1.82, 2.24) is 0 Å². The molecule has 8 aromatic rings. The summed E-state index contributed by atoms with van der Waals surface area (Å²) in [5.41, 5.74) is 8.80. The fraction of sp³-hybridized carbons (Fsp3) is 0.0370. The van der Waals surface area contributed by atoms with Crippen LogP contribution in [0.2, 0.25) is 0 Å². The van der Waals surface area contributed by atoms with E-state index < -0.39 is 0 Å². The van der Waals surface area contributed by atoms with Crippen molar-refractivity contribution in [3.8, 4) is 70.0 Å². The molecule has 0 atom stereocenters. The maximum Gasteiger partial charge on any atom is 0.127 e. The Morgan fingerprint density at radius 3 is 0.875 bits per heavy atom. The molecule has 0 unspecified atom stereocenters. The lowest BCUT2D eigenvalue weighted by molar-refractivity contribution is 0.411. The lowest BCUT2D eigenvalue weighted by Gasteiger charge is -2.19. The molecule has 8 aromatic carbocycles. The van der Waals surface area contributed by atoms with Gasteiger partial charge in [0.15, 0.2) is 0 Å². The molecule has 0 spiro atoms. The molecule has 0 amide bonds. The fourth-order valence-electron chi connectivity index (χ4n) is 6.62. The predicted molar refractivity (Wildman–Crippen MR) is 230 cm³/mol. The zero-order valence-electron chi connectivity index (χ0n) is 31.0. The van der Waals surface area contributed by atoms with Crippen LogP contribution in [0.1, 0.15) is 44.5 Å². The van der Waals surface area contributed by atoms with Crippen molar-refractivity contribution in [2.45, 2.75) is 0 Å². The van der Waals surface area contributed by atoms with Gasteiger partial charge in [-0.25, -0.2) is 0 Å². The Bertz CT molecular complexity index is 2760. The molecule has 2 heteroatoms. The zero-order valence-corrected chi connectivity index (χ0v) is 31.0. The minimum absolute atomic E-state index is 0.707. The number of ether oxygens (including phenoxy) is 2. The van der Waals surface area contributed by atoms with Crippen molar-refractivity contribution in [2.75, 3.05) is 14.2 Å². The van der Waals surface area contributed by atoms with Crippen LogP contribution in [0.3, 0.4) is 0 Å². The van der Waals surface area contributed by atoms with Crippen molar-refractivity contribution >= 4 is 21.5 Å². The van der Waals surface area contributed by atoms with E-state index in [-0.39, 0.29) is 0 Å². The maximum atomic E-state index is 6.14. The van der Waals surface area contributed by atoms with Gasteiger partial charge in [-0.3, -0.25) is 0 Å². The van der Waals surface area contributed by atoms with E-state index in [1.165, 1.54) is 0 Å². The standard InChI is InChI=1S/C54H34O2/c1-55-51-33-31-47-35-43(27-23-39-15-7-3-8-16-39)45(29-25-41-19-11-5-12-20-41)37-49(47)53(51)54-50-38-46(30-26-42-21-13-6-14-22-42)44(28-24-40-17-9-4-10-18-40)36-48(50)32-34-52(54)56-2/h3-22,31-38H,1-2H3. The smallest absolute Gasteiger partial charge is 0.127 e. The highest BCUT2D eigenvalue weighted by Gasteiger charge is 2.20. The first kappa shape index (κ1) is 35.2. The van der Waals surface area contributed by atoms with Crippen LogP contribution in [0, 0.1) is 47.4 Å². The Morgan fingerprint density at radius 2 is 0.589 bits per heavy atom. The molecule has 0 aromatic heterocycles. The Balaban J connectivity index is 1.39. The van der Waals surface area contributed by atoms with Crippen molar-refractivity contribution in [1.29, 1.82) is 0 Å². The van der Waals surface area contributed by atoms with Crippen LogP contribution in [0.5, 0.6) is 11.5 Å². The van der Waals surface area contributed by atoms with Crippen molar-refractivity contribution < 1.29 is 9.47 Å². The van der Waals surface area contributed by atoms with Crippen molar-refractivity contribution in [2.24, 2.45) is 0 Å². The Morgan fingerprint density at radius 1 is 0.304 bits per heavy atom. The number of rotatable bonds is 3. The maximum absolute atomic E-state index is 6.14. The van der Waals surface area contributed by atoms with Gasteiger partial charge in [0, 0.05) is 55.6 Å². The lowest BCUT2D eigenvalue weighted by Crippen LogP contribution is -1.97. The summed E-state index contributed by atoms with van der Waals surface area (Å²) >= 11 is 0. The third kappa shape index (κ3) is 7.74. The second-order valence-corrected chi connectivity index (χ2v) is 13.0. The molecule has 2 nitrogen and oxygen atoms in total. The third-order valence-corrected chi connectivity index (χ3v) is 9.39. The number of benzene rings is 8. The molecule has 0 saturated heterocycles. The molecule has 0 radical (unpaired) electrons. The highest BCUT2D eigenvalue weighted by Crippen LogP contribution is 2.46. The molecule has 8 rings (SSSR count). The Hall–Kier alpha value is -7.88. The van der Waals surface area contributed by atoms with Gasteiger partial charge in [0.25, 0.3) is 0 Å². The summed E-state index contributed by atoms with van der Waals surface area (Å²) in [4.78, 5) is 0. The van der Waals surface area contributed by atoms with Gasteiger partial charge in [-0.15, -0.1) is 0 Å². The normalized spacial score (nSPS) is 10.1. The van der Waals surface area contributed by atoms with Crippen LogP contribution in [0.4, 0.5) is 0 Å². The molecule has 0 fully saturated rings. The first-order chi connectivity index (χ1) is 27.7. The Kier molecular flexibility index (Phi) is 10.3. The highest BCUT2D eigenvalue weighted by molar-refractivity contribution is 6.11. The van der Waals surface area contributed by atoms with E-state index in [4.69, 9.17) is 9.47 Å². The van der Waals surface area contributed by atoms with Crippen LogP contribution in [-0.4, -0.2) is 14.2 Å². The van der Waals surface area contributed by atoms with E-state index in [1.807, 2.05) is 133 Å². The van der Waals surface area contributed by atoms with Crippen LogP contribution in [0.15, 0.2) is 170 Å².